The molecule has 2 unspecified atom stereocenters. The molecular weight excluding hydrogens is 234 g/mol. The minimum atomic E-state index is -0.153. The van der Waals surface area contributed by atoms with Crippen LogP contribution >= 0.6 is 0 Å². The van der Waals surface area contributed by atoms with Gasteiger partial charge in [0.1, 0.15) is 0 Å². The molecule has 1 aliphatic heterocycles. The molecule has 1 fully saturated rings. The molecule has 7 heteroatoms. The summed E-state index contributed by atoms with van der Waals surface area (Å²) in [5.74, 6) is 0.797. The lowest BCUT2D eigenvalue weighted by Crippen LogP contribution is -2.48. The lowest BCUT2D eigenvalue weighted by Gasteiger charge is -2.34. The lowest BCUT2D eigenvalue weighted by atomic mass is 9.97. The van der Waals surface area contributed by atoms with Crippen molar-refractivity contribution in [2.75, 3.05) is 25.0 Å². The van der Waals surface area contributed by atoms with Crippen LogP contribution < -0.4 is 11.1 Å². The molecule has 1 saturated heterocycles. The monoisotopic (exact) mass is 253 g/mol. The van der Waals surface area contributed by atoms with Gasteiger partial charge >= 0.3 is 6.01 Å². The number of rotatable bonds is 3. The number of aromatic nitrogens is 2. The first-order chi connectivity index (χ1) is 8.52. The molecule has 3 N–H and O–H groups in total. The minimum Gasteiger partial charge on any atom is -0.408 e. The van der Waals surface area contributed by atoms with Gasteiger partial charge in [0.25, 0.3) is 0 Å². The number of piperidine rings is 1. The second-order valence-electron chi connectivity index (χ2n) is 4.97. The third kappa shape index (κ3) is 3.51. The summed E-state index contributed by atoms with van der Waals surface area (Å²) in [5.41, 5.74) is 5.93. The normalized spacial score (nSPS) is 25.1. The highest BCUT2D eigenvalue weighted by molar-refractivity contribution is 5.90. The number of anilines is 1. The molecule has 1 amide bonds. The van der Waals surface area contributed by atoms with Crippen molar-refractivity contribution in [1.29, 1.82) is 0 Å². The number of hydrogen-bond acceptors (Lipinski definition) is 6. The fourth-order valence-electron chi connectivity index (χ4n) is 2.35. The van der Waals surface area contributed by atoms with E-state index >= 15 is 0 Å². The molecule has 18 heavy (non-hydrogen) atoms. The van der Waals surface area contributed by atoms with E-state index in [1.54, 1.807) is 6.92 Å². The van der Waals surface area contributed by atoms with Crippen LogP contribution in [0.2, 0.25) is 0 Å². The number of aryl methyl sites for hydroxylation is 1. The summed E-state index contributed by atoms with van der Waals surface area (Å²) in [7, 11) is 0. The van der Waals surface area contributed by atoms with Crippen LogP contribution in [0, 0.1) is 12.8 Å². The fourth-order valence-corrected chi connectivity index (χ4v) is 2.35. The van der Waals surface area contributed by atoms with E-state index in [4.69, 9.17) is 10.2 Å². The molecule has 1 aliphatic rings. The average Bonchev–Trinajstić information content (AvgIpc) is 2.61. The zero-order valence-electron chi connectivity index (χ0n) is 10.7. The van der Waals surface area contributed by atoms with Crippen LogP contribution in [0.4, 0.5) is 6.01 Å². The van der Waals surface area contributed by atoms with Crippen molar-refractivity contribution in [1.82, 2.24) is 15.1 Å². The summed E-state index contributed by atoms with van der Waals surface area (Å²) in [6, 6.07) is 0.291. The Kier molecular flexibility index (Phi) is 3.93. The number of carbonyl (C=O) groups excluding carboxylic acids is 1. The molecular formula is C11H19N5O2. The van der Waals surface area contributed by atoms with Crippen LogP contribution in [-0.2, 0) is 4.79 Å². The van der Waals surface area contributed by atoms with E-state index in [1.165, 1.54) is 0 Å². The summed E-state index contributed by atoms with van der Waals surface area (Å²) >= 11 is 0. The van der Waals surface area contributed by atoms with Gasteiger partial charge < -0.3 is 10.2 Å². The number of likely N-dealkylation sites (tertiary alicyclic amines) is 1. The van der Waals surface area contributed by atoms with Crippen LogP contribution in [0.1, 0.15) is 19.2 Å². The van der Waals surface area contributed by atoms with Gasteiger partial charge in [0.15, 0.2) is 0 Å². The van der Waals surface area contributed by atoms with Gasteiger partial charge in [-0.2, -0.15) is 0 Å². The maximum absolute atomic E-state index is 11.8. The molecule has 2 atom stereocenters. The van der Waals surface area contributed by atoms with Gasteiger partial charge in [-0.15, -0.1) is 5.10 Å². The third-order valence-electron chi connectivity index (χ3n) is 2.91. The maximum Gasteiger partial charge on any atom is 0.322 e. The molecule has 7 nitrogen and oxygen atoms in total. The first kappa shape index (κ1) is 13.0. The van der Waals surface area contributed by atoms with Gasteiger partial charge in [-0.1, -0.05) is 12.0 Å². The van der Waals surface area contributed by atoms with E-state index in [-0.39, 0.29) is 18.0 Å². The largest absolute Gasteiger partial charge is 0.408 e. The number of nitrogens with zero attached hydrogens (tertiary/aromatic N) is 3. The number of hydrogen-bond donors (Lipinski definition) is 2. The Hall–Kier alpha value is -1.47. The predicted molar refractivity (Wildman–Crippen MR) is 65.9 cm³/mol. The average molecular weight is 253 g/mol. The van der Waals surface area contributed by atoms with E-state index in [9.17, 15) is 4.79 Å². The van der Waals surface area contributed by atoms with E-state index in [2.05, 4.69) is 27.3 Å². The van der Waals surface area contributed by atoms with Gasteiger partial charge in [-0.05, 0) is 12.3 Å². The zero-order valence-corrected chi connectivity index (χ0v) is 10.7. The smallest absolute Gasteiger partial charge is 0.322 e. The number of carbonyl (C=O) groups is 1. The first-order valence-electron chi connectivity index (χ1n) is 6.11. The molecule has 100 valence electrons. The maximum atomic E-state index is 11.8. The highest BCUT2D eigenvalue weighted by Crippen LogP contribution is 2.14. The summed E-state index contributed by atoms with van der Waals surface area (Å²) in [6.07, 6.45) is 1.01. The molecule has 0 saturated carbocycles. The van der Waals surface area contributed by atoms with Gasteiger partial charge in [-0.25, -0.2) is 0 Å². The standard InChI is InChI=1S/C11H19N5O2/c1-7-3-9(12)5-16(4-7)6-10(17)13-11-15-14-8(2)18-11/h7,9H,3-6,12H2,1-2H3,(H,13,15,17). The van der Waals surface area contributed by atoms with Gasteiger partial charge in [0.05, 0.1) is 6.54 Å². The van der Waals surface area contributed by atoms with Crippen molar-refractivity contribution in [2.45, 2.75) is 26.3 Å². The van der Waals surface area contributed by atoms with Crippen molar-refractivity contribution in [2.24, 2.45) is 11.7 Å². The van der Waals surface area contributed by atoms with Crippen LogP contribution in [-0.4, -0.2) is 46.7 Å². The summed E-state index contributed by atoms with van der Waals surface area (Å²) in [4.78, 5) is 13.8. The van der Waals surface area contributed by atoms with Gasteiger partial charge in [-0.3, -0.25) is 15.0 Å². The van der Waals surface area contributed by atoms with E-state index < -0.39 is 0 Å². The Bertz CT molecular complexity index is 409. The predicted octanol–water partition coefficient (Wildman–Crippen LogP) is -0.0144. The molecule has 0 radical (unpaired) electrons. The Morgan fingerprint density at radius 1 is 1.56 bits per heavy atom. The molecule has 0 aliphatic carbocycles. The second-order valence-corrected chi connectivity index (χ2v) is 4.97. The van der Waals surface area contributed by atoms with E-state index in [0.29, 0.717) is 18.4 Å². The molecule has 2 rings (SSSR count). The Morgan fingerprint density at radius 2 is 2.33 bits per heavy atom. The third-order valence-corrected chi connectivity index (χ3v) is 2.91. The first-order valence-corrected chi connectivity index (χ1v) is 6.11. The van der Waals surface area contributed by atoms with E-state index in [0.717, 1.165) is 19.5 Å². The quantitative estimate of drug-likeness (QED) is 0.786. The highest BCUT2D eigenvalue weighted by atomic mass is 16.4. The van der Waals surface area contributed by atoms with E-state index in [1.807, 2.05) is 0 Å². The Morgan fingerprint density at radius 3 is 2.94 bits per heavy atom. The van der Waals surface area contributed by atoms with Crippen LogP contribution in [0.25, 0.3) is 0 Å². The zero-order chi connectivity index (χ0) is 13.1. The number of nitrogens with two attached hydrogens (primary N) is 1. The van der Waals surface area contributed by atoms with Gasteiger partial charge in [0, 0.05) is 26.1 Å². The Labute approximate surface area is 106 Å². The topological polar surface area (TPSA) is 97.3 Å². The molecule has 0 spiro atoms. The summed E-state index contributed by atoms with van der Waals surface area (Å²) < 4.78 is 5.09. The Balaban J connectivity index is 1.83. The number of nitrogens with one attached hydrogen (secondary N) is 1. The molecule has 1 aromatic rings. The SMILES string of the molecule is Cc1nnc(NC(=O)CN2CC(C)CC(N)C2)o1. The summed E-state index contributed by atoms with van der Waals surface area (Å²) in [6.45, 7) is 5.77. The molecule has 0 aromatic carbocycles. The van der Waals surface area contributed by atoms with Crippen molar-refractivity contribution < 1.29 is 9.21 Å². The molecule has 0 bridgehead atoms. The molecule has 2 heterocycles. The minimum absolute atomic E-state index is 0.145. The summed E-state index contributed by atoms with van der Waals surface area (Å²) in [5, 5.41) is 9.94. The van der Waals surface area contributed by atoms with Crippen LogP contribution in [0.5, 0.6) is 0 Å². The van der Waals surface area contributed by atoms with Crippen LogP contribution in [0.15, 0.2) is 4.42 Å². The van der Waals surface area contributed by atoms with Crippen molar-refractivity contribution in [3.05, 3.63) is 5.89 Å². The van der Waals surface area contributed by atoms with Crippen LogP contribution in [0.3, 0.4) is 0 Å². The number of amides is 1. The van der Waals surface area contributed by atoms with Crippen molar-refractivity contribution in [3.8, 4) is 0 Å². The second kappa shape index (κ2) is 5.45. The highest BCUT2D eigenvalue weighted by Gasteiger charge is 2.23. The fraction of sp³-hybridized carbons (Fsp3) is 0.727. The van der Waals surface area contributed by atoms with Gasteiger partial charge in [0.2, 0.25) is 11.8 Å². The van der Waals surface area contributed by atoms with Crippen molar-refractivity contribution in [3.63, 3.8) is 0 Å². The lowest BCUT2D eigenvalue weighted by molar-refractivity contribution is -0.117. The molecule has 1 aromatic heterocycles. The van der Waals surface area contributed by atoms with Crippen molar-refractivity contribution >= 4 is 11.9 Å².